The minimum Gasteiger partial charge on any atom is -0.324 e. The molecule has 0 unspecified atom stereocenters. The number of hydrogen-bond acceptors (Lipinski definition) is 4. The summed E-state index contributed by atoms with van der Waals surface area (Å²) >= 11 is 5.86. The minimum absolute atomic E-state index is 0.0638. The number of hydrogen-bond donors (Lipinski definition) is 1. The Bertz CT molecular complexity index is 1210. The van der Waals surface area contributed by atoms with Crippen molar-refractivity contribution in [1.82, 2.24) is 0 Å². The number of sulfonamides is 1. The predicted octanol–water partition coefficient (Wildman–Crippen LogP) is 4.52. The summed E-state index contributed by atoms with van der Waals surface area (Å²) < 4.78 is 40.9. The fourth-order valence-corrected chi connectivity index (χ4v) is 4.36. The van der Waals surface area contributed by atoms with E-state index in [2.05, 4.69) is 5.32 Å². The van der Waals surface area contributed by atoms with Crippen LogP contribution in [0, 0.1) is 5.82 Å². The third-order valence-corrected chi connectivity index (χ3v) is 6.40. The summed E-state index contributed by atoms with van der Waals surface area (Å²) in [4.78, 5) is 24.1. The van der Waals surface area contributed by atoms with E-state index in [0.717, 1.165) is 10.4 Å². The molecule has 0 aliphatic rings. The van der Waals surface area contributed by atoms with E-state index in [1.807, 2.05) is 0 Å². The maximum Gasteiger partial charge on any atom is 0.264 e. The summed E-state index contributed by atoms with van der Waals surface area (Å²) in [6.45, 7) is 0.824. The minimum atomic E-state index is -4.14. The molecule has 6 nitrogen and oxygen atoms in total. The van der Waals surface area contributed by atoms with Crippen molar-refractivity contribution >= 4 is 44.7 Å². The predicted molar refractivity (Wildman–Crippen MR) is 117 cm³/mol. The van der Waals surface area contributed by atoms with Crippen molar-refractivity contribution in [3.05, 3.63) is 89.2 Å². The Morgan fingerprint density at radius 3 is 2.23 bits per heavy atom. The van der Waals surface area contributed by atoms with E-state index in [9.17, 15) is 22.4 Å². The van der Waals surface area contributed by atoms with Gasteiger partial charge in [-0.25, -0.2) is 12.8 Å². The molecule has 31 heavy (non-hydrogen) atoms. The van der Waals surface area contributed by atoms with Gasteiger partial charge in [-0.2, -0.15) is 0 Å². The molecular weight excluding hydrogens is 443 g/mol. The molecule has 3 aromatic rings. The summed E-state index contributed by atoms with van der Waals surface area (Å²) in [5.41, 5.74) is 0.784. The Hall–Kier alpha value is -3.23. The van der Waals surface area contributed by atoms with E-state index in [-0.39, 0.29) is 22.1 Å². The molecule has 0 aliphatic heterocycles. The average molecular weight is 461 g/mol. The van der Waals surface area contributed by atoms with Crippen molar-refractivity contribution in [2.75, 3.05) is 16.2 Å². The number of carbonyl (C=O) groups excluding carboxylic acids is 2. The molecule has 1 amide bonds. The Morgan fingerprint density at radius 2 is 1.65 bits per heavy atom. The van der Waals surface area contributed by atoms with Crippen LogP contribution >= 0.6 is 11.6 Å². The fraction of sp³-hybridized carbons (Fsp3) is 0.0909. The van der Waals surface area contributed by atoms with Gasteiger partial charge in [0.15, 0.2) is 5.78 Å². The second kappa shape index (κ2) is 9.28. The number of amides is 1. The van der Waals surface area contributed by atoms with Gasteiger partial charge in [-0.15, -0.1) is 0 Å². The van der Waals surface area contributed by atoms with Gasteiger partial charge in [0.1, 0.15) is 12.4 Å². The second-order valence-corrected chi connectivity index (χ2v) is 8.93. The van der Waals surface area contributed by atoms with Gasteiger partial charge in [0.2, 0.25) is 5.91 Å². The molecule has 0 heterocycles. The lowest BCUT2D eigenvalue weighted by Gasteiger charge is -2.24. The Morgan fingerprint density at radius 1 is 1.00 bits per heavy atom. The van der Waals surface area contributed by atoms with Crippen LogP contribution in [0.2, 0.25) is 5.02 Å². The zero-order valence-electron chi connectivity index (χ0n) is 16.4. The summed E-state index contributed by atoms with van der Waals surface area (Å²) in [6, 6.07) is 16.6. The standard InChI is InChI=1S/C22H18ClFN2O4S/c1-15(27)16-5-9-20(10-6-16)26(31(29,30)21-11-7-17(23)8-12-21)14-22(28)25-19-4-2-3-18(24)13-19/h2-13H,14H2,1H3,(H,25,28). The number of anilines is 2. The molecular formula is C22H18ClFN2O4S. The van der Waals surface area contributed by atoms with Gasteiger partial charge in [0.05, 0.1) is 10.6 Å². The molecule has 1 N–H and O–H groups in total. The molecule has 0 aromatic heterocycles. The smallest absolute Gasteiger partial charge is 0.264 e. The Kier molecular flexibility index (Phi) is 6.72. The highest BCUT2D eigenvalue weighted by atomic mass is 35.5. The van der Waals surface area contributed by atoms with Gasteiger partial charge < -0.3 is 5.32 Å². The number of carbonyl (C=O) groups is 2. The first-order chi connectivity index (χ1) is 14.7. The molecule has 9 heteroatoms. The van der Waals surface area contributed by atoms with Crippen LogP contribution < -0.4 is 9.62 Å². The number of rotatable bonds is 7. The molecule has 0 radical (unpaired) electrons. The van der Waals surface area contributed by atoms with Crippen LogP contribution in [-0.2, 0) is 14.8 Å². The molecule has 0 saturated carbocycles. The zero-order valence-corrected chi connectivity index (χ0v) is 18.0. The maximum atomic E-state index is 13.4. The van der Waals surface area contributed by atoms with Gasteiger partial charge >= 0.3 is 0 Å². The Labute approximate surface area is 184 Å². The molecule has 0 aliphatic carbocycles. The van der Waals surface area contributed by atoms with Crippen LogP contribution in [0.3, 0.4) is 0 Å². The normalized spacial score (nSPS) is 11.1. The lowest BCUT2D eigenvalue weighted by Crippen LogP contribution is -2.38. The summed E-state index contributed by atoms with van der Waals surface area (Å²) in [5, 5.41) is 2.85. The molecule has 160 valence electrons. The summed E-state index contributed by atoms with van der Waals surface area (Å²) in [6.07, 6.45) is 0. The summed E-state index contributed by atoms with van der Waals surface area (Å²) in [7, 11) is -4.14. The monoisotopic (exact) mass is 460 g/mol. The van der Waals surface area contributed by atoms with E-state index >= 15 is 0 Å². The molecule has 3 aromatic carbocycles. The average Bonchev–Trinajstić information content (AvgIpc) is 2.72. The lowest BCUT2D eigenvalue weighted by atomic mass is 10.1. The molecule has 3 rings (SSSR count). The molecule has 0 saturated heterocycles. The quantitative estimate of drug-likeness (QED) is 0.525. The van der Waals surface area contributed by atoms with E-state index in [0.29, 0.717) is 10.6 Å². The number of halogens is 2. The zero-order chi connectivity index (χ0) is 22.6. The maximum absolute atomic E-state index is 13.4. The highest BCUT2D eigenvalue weighted by molar-refractivity contribution is 7.92. The molecule has 0 spiro atoms. The van der Waals surface area contributed by atoms with Gasteiger partial charge in [0, 0.05) is 16.3 Å². The third kappa shape index (κ3) is 5.48. The van der Waals surface area contributed by atoms with Crippen LogP contribution in [0.15, 0.2) is 77.7 Å². The first-order valence-electron chi connectivity index (χ1n) is 9.11. The molecule has 0 bridgehead atoms. The largest absolute Gasteiger partial charge is 0.324 e. The Balaban J connectivity index is 1.96. The highest BCUT2D eigenvalue weighted by Crippen LogP contribution is 2.25. The van der Waals surface area contributed by atoms with Crippen molar-refractivity contribution < 1.29 is 22.4 Å². The van der Waals surface area contributed by atoms with Crippen LogP contribution in [0.4, 0.5) is 15.8 Å². The SMILES string of the molecule is CC(=O)c1ccc(N(CC(=O)Nc2cccc(F)c2)S(=O)(=O)c2ccc(Cl)cc2)cc1. The van der Waals surface area contributed by atoms with Crippen LogP contribution in [-0.4, -0.2) is 26.7 Å². The van der Waals surface area contributed by atoms with Gasteiger partial charge in [0.25, 0.3) is 10.0 Å². The molecule has 0 fully saturated rings. The van der Waals surface area contributed by atoms with E-state index in [1.54, 1.807) is 0 Å². The number of nitrogens with zero attached hydrogens (tertiary/aromatic N) is 1. The van der Waals surface area contributed by atoms with Gasteiger partial charge in [-0.1, -0.05) is 17.7 Å². The van der Waals surface area contributed by atoms with Crippen molar-refractivity contribution in [1.29, 1.82) is 0 Å². The first kappa shape index (κ1) is 22.5. The fourth-order valence-electron chi connectivity index (χ4n) is 2.81. The number of nitrogens with one attached hydrogen (secondary N) is 1. The lowest BCUT2D eigenvalue weighted by molar-refractivity contribution is -0.114. The van der Waals surface area contributed by atoms with E-state index in [4.69, 9.17) is 11.6 Å². The third-order valence-electron chi connectivity index (χ3n) is 4.36. The highest BCUT2D eigenvalue weighted by Gasteiger charge is 2.27. The van der Waals surface area contributed by atoms with Crippen LogP contribution in [0.25, 0.3) is 0 Å². The van der Waals surface area contributed by atoms with E-state index < -0.39 is 28.3 Å². The van der Waals surface area contributed by atoms with Crippen molar-refractivity contribution in [3.63, 3.8) is 0 Å². The van der Waals surface area contributed by atoms with Crippen LogP contribution in [0.1, 0.15) is 17.3 Å². The van der Waals surface area contributed by atoms with Crippen molar-refractivity contribution in [3.8, 4) is 0 Å². The molecule has 0 atom stereocenters. The van der Waals surface area contributed by atoms with Gasteiger partial charge in [-0.05, 0) is 73.7 Å². The van der Waals surface area contributed by atoms with E-state index in [1.165, 1.54) is 73.7 Å². The number of benzene rings is 3. The van der Waals surface area contributed by atoms with Crippen molar-refractivity contribution in [2.45, 2.75) is 11.8 Å². The topological polar surface area (TPSA) is 83.6 Å². The van der Waals surface area contributed by atoms with Crippen LogP contribution in [0.5, 0.6) is 0 Å². The van der Waals surface area contributed by atoms with Crippen molar-refractivity contribution in [2.24, 2.45) is 0 Å². The first-order valence-corrected chi connectivity index (χ1v) is 10.9. The van der Waals surface area contributed by atoms with Gasteiger partial charge in [-0.3, -0.25) is 13.9 Å². The summed E-state index contributed by atoms with van der Waals surface area (Å²) in [5.74, 6) is -1.38. The number of ketones is 1. The second-order valence-electron chi connectivity index (χ2n) is 6.63. The number of Topliss-reactive ketones (excluding diaryl/α,β-unsaturated/α-hetero) is 1.